The highest BCUT2D eigenvalue weighted by atomic mass is 16.3. The molecular formula is C19H32N6O2. The van der Waals surface area contributed by atoms with Crippen molar-refractivity contribution in [3.63, 3.8) is 0 Å². The maximum absolute atomic E-state index is 12.4. The molecule has 3 heterocycles. The van der Waals surface area contributed by atoms with Crippen LogP contribution in [0.5, 0.6) is 0 Å². The van der Waals surface area contributed by atoms with Gasteiger partial charge in [0, 0.05) is 58.4 Å². The number of piperazine rings is 2. The molecule has 2 saturated heterocycles. The van der Waals surface area contributed by atoms with Gasteiger partial charge < -0.3 is 24.4 Å². The molecule has 0 aromatic carbocycles. The Morgan fingerprint density at radius 1 is 1.19 bits per heavy atom. The number of likely N-dealkylation sites (N-methyl/N-ethyl adjacent to an activating group) is 2. The lowest BCUT2D eigenvalue weighted by Crippen LogP contribution is -2.54. The second-order valence-corrected chi connectivity index (χ2v) is 7.35. The number of guanidine groups is 1. The van der Waals surface area contributed by atoms with Crippen LogP contribution in [-0.2, 0) is 0 Å². The second-order valence-electron chi connectivity index (χ2n) is 7.35. The molecule has 2 aliphatic rings. The first-order valence-electron chi connectivity index (χ1n) is 9.83. The monoisotopic (exact) mass is 376 g/mol. The Hall–Kier alpha value is -2.06. The molecule has 1 atom stereocenters. The van der Waals surface area contributed by atoms with Gasteiger partial charge in [-0.15, -0.1) is 0 Å². The lowest BCUT2D eigenvalue weighted by molar-refractivity contribution is 0.0657. The van der Waals surface area contributed by atoms with Gasteiger partial charge in [0.15, 0.2) is 11.7 Å². The molecule has 0 spiro atoms. The van der Waals surface area contributed by atoms with Crippen molar-refractivity contribution in [3.8, 4) is 0 Å². The van der Waals surface area contributed by atoms with Gasteiger partial charge in [-0.25, -0.2) is 0 Å². The third-order valence-corrected chi connectivity index (χ3v) is 5.37. The van der Waals surface area contributed by atoms with Crippen molar-refractivity contribution >= 4 is 11.9 Å². The van der Waals surface area contributed by atoms with Gasteiger partial charge in [-0.1, -0.05) is 0 Å². The van der Waals surface area contributed by atoms with Crippen molar-refractivity contribution < 1.29 is 9.21 Å². The van der Waals surface area contributed by atoms with Crippen LogP contribution >= 0.6 is 0 Å². The molecule has 1 amide bonds. The molecule has 0 saturated carbocycles. The molecule has 0 aliphatic carbocycles. The Morgan fingerprint density at radius 2 is 1.93 bits per heavy atom. The van der Waals surface area contributed by atoms with Gasteiger partial charge in [0.2, 0.25) is 0 Å². The van der Waals surface area contributed by atoms with E-state index in [1.165, 1.54) is 0 Å². The molecule has 1 aromatic rings. The van der Waals surface area contributed by atoms with E-state index in [0.29, 0.717) is 24.9 Å². The standard InChI is InChI=1S/C19H32N6O2/c1-4-20-19(21-14-16-15-22(2)7-8-23(16)3)25-11-9-24(10-12-25)18(26)17-6-5-13-27-17/h5-6,13,16H,4,7-12,14-15H2,1-3H3,(H,20,21). The van der Waals surface area contributed by atoms with Crippen LogP contribution in [0.3, 0.4) is 0 Å². The first-order chi connectivity index (χ1) is 13.1. The van der Waals surface area contributed by atoms with E-state index in [-0.39, 0.29) is 5.91 Å². The zero-order valence-electron chi connectivity index (χ0n) is 16.7. The molecule has 27 heavy (non-hydrogen) atoms. The third kappa shape index (κ3) is 5.01. The Kier molecular flexibility index (Phi) is 6.73. The van der Waals surface area contributed by atoms with Gasteiger partial charge in [0.1, 0.15) is 0 Å². The van der Waals surface area contributed by atoms with Gasteiger partial charge in [-0.3, -0.25) is 14.7 Å². The summed E-state index contributed by atoms with van der Waals surface area (Å²) < 4.78 is 5.24. The van der Waals surface area contributed by atoms with E-state index in [9.17, 15) is 4.79 Å². The van der Waals surface area contributed by atoms with Crippen LogP contribution in [0.25, 0.3) is 0 Å². The van der Waals surface area contributed by atoms with Crippen LogP contribution in [0, 0.1) is 0 Å². The van der Waals surface area contributed by atoms with Crippen molar-refractivity contribution in [2.24, 2.45) is 4.99 Å². The van der Waals surface area contributed by atoms with Crippen LogP contribution < -0.4 is 5.32 Å². The number of hydrogen-bond acceptors (Lipinski definition) is 5. The van der Waals surface area contributed by atoms with Crippen LogP contribution in [-0.4, -0.2) is 111 Å². The fourth-order valence-corrected chi connectivity index (χ4v) is 3.59. The predicted molar refractivity (Wildman–Crippen MR) is 106 cm³/mol. The summed E-state index contributed by atoms with van der Waals surface area (Å²) in [6.07, 6.45) is 1.54. The number of carbonyl (C=O) groups is 1. The molecule has 0 radical (unpaired) electrons. The van der Waals surface area contributed by atoms with Gasteiger partial charge in [0.25, 0.3) is 5.91 Å². The topological polar surface area (TPSA) is 67.6 Å². The number of nitrogens with one attached hydrogen (secondary N) is 1. The normalized spacial score (nSPS) is 22.9. The number of amides is 1. The summed E-state index contributed by atoms with van der Waals surface area (Å²) in [7, 11) is 4.35. The lowest BCUT2D eigenvalue weighted by Gasteiger charge is -2.38. The van der Waals surface area contributed by atoms with E-state index in [1.807, 2.05) is 4.90 Å². The van der Waals surface area contributed by atoms with Gasteiger partial charge in [0.05, 0.1) is 12.8 Å². The largest absolute Gasteiger partial charge is 0.459 e. The lowest BCUT2D eigenvalue weighted by atomic mass is 10.2. The molecule has 3 rings (SSSR count). The summed E-state index contributed by atoms with van der Waals surface area (Å²) in [5.74, 6) is 1.33. The van der Waals surface area contributed by atoms with Crippen LogP contribution in [0.15, 0.2) is 27.8 Å². The highest BCUT2D eigenvalue weighted by Gasteiger charge is 2.26. The van der Waals surface area contributed by atoms with Crippen molar-refractivity contribution in [2.45, 2.75) is 13.0 Å². The summed E-state index contributed by atoms with van der Waals surface area (Å²) in [4.78, 5) is 26.2. The summed E-state index contributed by atoms with van der Waals surface area (Å²) in [5.41, 5.74) is 0. The minimum atomic E-state index is -0.0338. The van der Waals surface area contributed by atoms with E-state index in [0.717, 1.165) is 51.8 Å². The Morgan fingerprint density at radius 3 is 2.59 bits per heavy atom. The van der Waals surface area contributed by atoms with Gasteiger partial charge in [-0.2, -0.15) is 0 Å². The third-order valence-electron chi connectivity index (χ3n) is 5.37. The quantitative estimate of drug-likeness (QED) is 0.600. The maximum atomic E-state index is 12.4. The maximum Gasteiger partial charge on any atom is 0.289 e. The SMILES string of the molecule is CCNC(=NCC1CN(C)CCN1C)N1CCN(C(=O)c2ccco2)CC1. The smallest absolute Gasteiger partial charge is 0.289 e. The average Bonchev–Trinajstić information content (AvgIpc) is 3.22. The minimum absolute atomic E-state index is 0.0338. The summed E-state index contributed by atoms with van der Waals surface area (Å²) in [6, 6.07) is 3.91. The molecule has 150 valence electrons. The van der Waals surface area contributed by atoms with Crippen LogP contribution in [0.2, 0.25) is 0 Å². The number of hydrogen-bond donors (Lipinski definition) is 1. The minimum Gasteiger partial charge on any atom is -0.459 e. The average molecular weight is 377 g/mol. The van der Waals surface area contributed by atoms with Crippen molar-refractivity contribution in [2.75, 3.05) is 73.0 Å². The van der Waals surface area contributed by atoms with Crippen LogP contribution in [0.4, 0.5) is 0 Å². The number of furan rings is 1. The molecular weight excluding hydrogens is 344 g/mol. The molecule has 1 unspecified atom stereocenters. The Balaban J connectivity index is 1.56. The number of rotatable bonds is 4. The Labute approximate surface area is 161 Å². The fourth-order valence-electron chi connectivity index (χ4n) is 3.59. The first kappa shape index (κ1) is 19.7. The second kappa shape index (κ2) is 9.23. The molecule has 2 aliphatic heterocycles. The molecule has 1 aromatic heterocycles. The van der Waals surface area contributed by atoms with E-state index >= 15 is 0 Å². The highest BCUT2D eigenvalue weighted by molar-refractivity contribution is 5.91. The van der Waals surface area contributed by atoms with Gasteiger partial charge in [-0.05, 0) is 33.2 Å². The number of carbonyl (C=O) groups excluding carboxylic acids is 1. The molecule has 8 heteroatoms. The van der Waals surface area contributed by atoms with E-state index in [1.54, 1.807) is 18.4 Å². The molecule has 8 nitrogen and oxygen atoms in total. The Bertz CT molecular complexity index is 624. The zero-order chi connectivity index (χ0) is 19.2. The zero-order valence-corrected chi connectivity index (χ0v) is 16.7. The van der Waals surface area contributed by atoms with E-state index in [2.05, 4.69) is 41.0 Å². The van der Waals surface area contributed by atoms with E-state index in [4.69, 9.17) is 9.41 Å². The fraction of sp³-hybridized carbons (Fsp3) is 0.684. The number of aliphatic imine (C=N–C) groups is 1. The molecule has 0 bridgehead atoms. The van der Waals surface area contributed by atoms with Crippen LogP contribution in [0.1, 0.15) is 17.5 Å². The van der Waals surface area contributed by atoms with Crippen molar-refractivity contribution in [3.05, 3.63) is 24.2 Å². The molecule has 2 fully saturated rings. The molecule has 1 N–H and O–H groups in total. The highest BCUT2D eigenvalue weighted by Crippen LogP contribution is 2.11. The van der Waals surface area contributed by atoms with Gasteiger partial charge >= 0.3 is 0 Å². The first-order valence-corrected chi connectivity index (χ1v) is 9.83. The van der Waals surface area contributed by atoms with E-state index < -0.39 is 0 Å². The number of nitrogens with zero attached hydrogens (tertiary/aromatic N) is 5. The predicted octanol–water partition coefficient (Wildman–Crippen LogP) is 0.249. The van der Waals surface area contributed by atoms with Crippen molar-refractivity contribution in [1.29, 1.82) is 0 Å². The summed E-state index contributed by atoms with van der Waals surface area (Å²) in [6.45, 7) is 9.86. The summed E-state index contributed by atoms with van der Waals surface area (Å²) in [5, 5.41) is 3.41. The summed E-state index contributed by atoms with van der Waals surface area (Å²) >= 11 is 0. The van der Waals surface area contributed by atoms with Crippen molar-refractivity contribution in [1.82, 2.24) is 24.9 Å².